The molecule has 1 fully saturated rings. The average Bonchev–Trinajstić information content (AvgIpc) is 3.19. The number of fused-ring (bicyclic) bond motifs is 1. The van der Waals surface area contributed by atoms with Crippen LogP contribution in [0.4, 0.5) is 11.5 Å². The van der Waals surface area contributed by atoms with Crippen LogP contribution in [0.5, 0.6) is 0 Å². The van der Waals surface area contributed by atoms with Gasteiger partial charge in [0.1, 0.15) is 5.52 Å². The Hall–Kier alpha value is -3.17. The summed E-state index contributed by atoms with van der Waals surface area (Å²) < 4.78 is 12.7. The Morgan fingerprint density at radius 3 is 2.90 bits per heavy atom. The van der Waals surface area contributed by atoms with Gasteiger partial charge in [0.2, 0.25) is 0 Å². The second kappa shape index (κ2) is 9.10. The highest BCUT2D eigenvalue weighted by Crippen LogP contribution is 2.28. The largest absolute Gasteiger partial charge is 0.383 e. The van der Waals surface area contributed by atoms with Crippen molar-refractivity contribution in [2.45, 2.75) is 13.5 Å². The van der Waals surface area contributed by atoms with Crippen molar-refractivity contribution in [3.05, 3.63) is 47.8 Å². The number of aryl methyl sites for hydroxylation is 1. The zero-order valence-electron chi connectivity index (χ0n) is 17.3. The number of hydrazone groups is 1. The van der Waals surface area contributed by atoms with E-state index in [1.54, 1.807) is 13.4 Å². The third kappa shape index (κ3) is 4.37. The normalized spacial score (nSPS) is 15.0. The van der Waals surface area contributed by atoms with Crippen molar-refractivity contribution >= 4 is 28.5 Å². The van der Waals surface area contributed by atoms with E-state index in [9.17, 15) is 0 Å². The van der Waals surface area contributed by atoms with Crippen LogP contribution in [-0.2, 0) is 16.0 Å². The van der Waals surface area contributed by atoms with Gasteiger partial charge in [-0.2, -0.15) is 5.10 Å². The van der Waals surface area contributed by atoms with Crippen molar-refractivity contribution in [2.24, 2.45) is 10.8 Å². The lowest BCUT2D eigenvalue weighted by molar-refractivity contribution is 0.123. The first-order valence-corrected chi connectivity index (χ1v) is 9.99. The molecule has 0 unspecified atom stereocenters. The van der Waals surface area contributed by atoms with Crippen molar-refractivity contribution in [1.82, 2.24) is 14.5 Å². The van der Waals surface area contributed by atoms with Crippen LogP contribution in [0.2, 0.25) is 0 Å². The molecule has 0 bridgehead atoms. The third-order valence-electron chi connectivity index (χ3n) is 5.05. The number of hydrogen-bond donors (Lipinski definition) is 2. The lowest BCUT2D eigenvalue weighted by Gasteiger charge is -2.29. The quantitative estimate of drug-likeness (QED) is 0.349. The maximum absolute atomic E-state index is 6.18. The second-order valence-electron chi connectivity index (χ2n) is 7.21. The molecule has 158 valence electrons. The van der Waals surface area contributed by atoms with Crippen LogP contribution >= 0.6 is 0 Å². The molecule has 2 aromatic heterocycles. The van der Waals surface area contributed by atoms with Crippen molar-refractivity contribution in [1.29, 1.82) is 0 Å². The number of hydrogen-bond acceptors (Lipinski definition) is 7. The Morgan fingerprint density at radius 1 is 1.30 bits per heavy atom. The summed E-state index contributed by atoms with van der Waals surface area (Å²) in [5.74, 6) is 1.01. The molecule has 1 aliphatic rings. The molecule has 0 amide bonds. The van der Waals surface area contributed by atoms with Crippen molar-refractivity contribution in [3.63, 3.8) is 0 Å². The van der Waals surface area contributed by atoms with Crippen molar-refractivity contribution < 1.29 is 9.47 Å². The summed E-state index contributed by atoms with van der Waals surface area (Å²) in [6.07, 6.45) is 1.80. The first-order chi connectivity index (χ1) is 14.7. The SMILES string of the molecule is COCCn1cnc2c(N3CCOCC3)cc(NN=C(N)c3cccc(C)c3)nc21. The van der Waals surface area contributed by atoms with E-state index in [0.717, 1.165) is 41.1 Å². The third-order valence-corrected chi connectivity index (χ3v) is 5.05. The summed E-state index contributed by atoms with van der Waals surface area (Å²) in [5, 5.41) is 4.36. The first-order valence-electron chi connectivity index (χ1n) is 9.99. The molecule has 30 heavy (non-hydrogen) atoms. The fourth-order valence-corrected chi connectivity index (χ4v) is 3.46. The Bertz CT molecular complexity index is 1040. The number of methoxy groups -OCH3 is 1. The summed E-state index contributed by atoms with van der Waals surface area (Å²) in [6.45, 7) is 6.26. The molecule has 0 radical (unpaired) electrons. The number of morpholine rings is 1. The Balaban J connectivity index is 1.68. The predicted octanol–water partition coefficient (Wildman–Crippen LogP) is 1.96. The highest BCUT2D eigenvalue weighted by Gasteiger charge is 2.19. The van der Waals surface area contributed by atoms with Crippen LogP contribution in [-0.4, -0.2) is 60.4 Å². The second-order valence-corrected chi connectivity index (χ2v) is 7.21. The van der Waals surface area contributed by atoms with Gasteiger partial charge < -0.3 is 24.7 Å². The van der Waals surface area contributed by atoms with Crippen LogP contribution in [0.15, 0.2) is 41.8 Å². The number of nitrogens with one attached hydrogen (secondary N) is 1. The van der Waals surface area contributed by atoms with Crippen LogP contribution in [0.3, 0.4) is 0 Å². The van der Waals surface area contributed by atoms with E-state index in [1.807, 2.05) is 41.8 Å². The van der Waals surface area contributed by atoms with E-state index in [2.05, 4.69) is 20.4 Å². The van der Waals surface area contributed by atoms with Gasteiger partial charge in [-0.25, -0.2) is 9.97 Å². The first kappa shape index (κ1) is 20.1. The number of rotatable bonds is 7. The molecule has 0 atom stereocenters. The summed E-state index contributed by atoms with van der Waals surface area (Å²) in [5.41, 5.74) is 13.8. The zero-order chi connectivity index (χ0) is 20.9. The van der Waals surface area contributed by atoms with E-state index in [4.69, 9.17) is 20.2 Å². The van der Waals surface area contributed by atoms with Crippen LogP contribution < -0.4 is 16.1 Å². The molecular formula is C21H27N7O2. The molecule has 3 heterocycles. The summed E-state index contributed by atoms with van der Waals surface area (Å²) in [6, 6.07) is 9.88. The van der Waals surface area contributed by atoms with E-state index >= 15 is 0 Å². The minimum atomic E-state index is 0.404. The minimum absolute atomic E-state index is 0.404. The number of nitrogens with two attached hydrogens (primary N) is 1. The molecule has 0 spiro atoms. The molecule has 0 saturated carbocycles. The molecule has 1 aliphatic heterocycles. The van der Waals surface area contributed by atoms with Gasteiger partial charge in [-0.3, -0.25) is 5.43 Å². The smallest absolute Gasteiger partial charge is 0.164 e. The van der Waals surface area contributed by atoms with Gasteiger partial charge in [-0.05, 0) is 13.0 Å². The molecule has 3 N–H and O–H groups in total. The molecule has 1 saturated heterocycles. The lowest BCUT2D eigenvalue weighted by Crippen LogP contribution is -2.36. The summed E-state index contributed by atoms with van der Waals surface area (Å²) in [7, 11) is 1.68. The van der Waals surface area contributed by atoms with Crippen molar-refractivity contribution in [3.8, 4) is 0 Å². The topological polar surface area (TPSA) is 103 Å². The standard InChI is InChI=1S/C21H27N7O2/c1-15-4-3-5-16(12-15)20(22)26-25-18-13-17(27-7-10-30-11-8-27)19-21(24-18)28(14-23-19)6-9-29-2/h3-5,12-14H,6-11H2,1-2H3,(H2,22,26)(H,24,25). The van der Waals surface area contributed by atoms with Gasteiger partial charge in [0.05, 0.1) is 31.8 Å². The maximum atomic E-state index is 6.18. The van der Waals surface area contributed by atoms with Gasteiger partial charge in [0.15, 0.2) is 17.3 Å². The fourth-order valence-electron chi connectivity index (χ4n) is 3.46. The maximum Gasteiger partial charge on any atom is 0.164 e. The Labute approximate surface area is 175 Å². The average molecular weight is 409 g/mol. The number of imidazole rings is 1. The number of amidine groups is 1. The molecule has 0 aliphatic carbocycles. The highest BCUT2D eigenvalue weighted by molar-refractivity contribution is 5.98. The minimum Gasteiger partial charge on any atom is -0.383 e. The lowest BCUT2D eigenvalue weighted by atomic mass is 10.1. The Kier molecular flexibility index (Phi) is 6.10. The van der Waals surface area contributed by atoms with E-state index < -0.39 is 0 Å². The summed E-state index contributed by atoms with van der Waals surface area (Å²) in [4.78, 5) is 11.6. The molecule has 9 nitrogen and oxygen atoms in total. The Morgan fingerprint density at radius 2 is 2.13 bits per heavy atom. The fraction of sp³-hybridized carbons (Fsp3) is 0.381. The van der Waals surface area contributed by atoms with Gasteiger partial charge in [-0.15, -0.1) is 0 Å². The molecule has 3 aromatic rings. The van der Waals surface area contributed by atoms with Gasteiger partial charge >= 0.3 is 0 Å². The van der Waals surface area contributed by atoms with Crippen LogP contribution in [0.25, 0.3) is 11.2 Å². The van der Waals surface area contributed by atoms with Crippen LogP contribution in [0, 0.1) is 6.92 Å². The van der Waals surface area contributed by atoms with E-state index in [0.29, 0.717) is 38.0 Å². The van der Waals surface area contributed by atoms with E-state index in [-0.39, 0.29) is 0 Å². The summed E-state index contributed by atoms with van der Waals surface area (Å²) >= 11 is 0. The van der Waals surface area contributed by atoms with Gasteiger partial charge in [0, 0.05) is 38.4 Å². The number of benzene rings is 1. The molecule has 4 rings (SSSR count). The number of nitrogens with zero attached hydrogens (tertiary/aromatic N) is 5. The predicted molar refractivity (Wildman–Crippen MR) is 118 cm³/mol. The van der Waals surface area contributed by atoms with Gasteiger partial charge in [0.25, 0.3) is 0 Å². The number of aromatic nitrogens is 3. The van der Waals surface area contributed by atoms with Crippen molar-refractivity contribution in [2.75, 3.05) is 50.3 Å². The monoisotopic (exact) mass is 409 g/mol. The zero-order valence-corrected chi connectivity index (χ0v) is 17.3. The van der Waals surface area contributed by atoms with Crippen LogP contribution in [0.1, 0.15) is 11.1 Å². The highest BCUT2D eigenvalue weighted by atomic mass is 16.5. The van der Waals surface area contributed by atoms with E-state index in [1.165, 1.54) is 0 Å². The number of anilines is 2. The molecule has 1 aromatic carbocycles. The van der Waals surface area contributed by atoms with Gasteiger partial charge in [-0.1, -0.05) is 23.8 Å². The molecular weight excluding hydrogens is 382 g/mol. The molecule has 9 heteroatoms. The number of ether oxygens (including phenoxy) is 2. The number of pyridine rings is 1.